The zero-order valence-electron chi connectivity index (χ0n) is 13.9. The topological polar surface area (TPSA) is 47.6 Å². The summed E-state index contributed by atoms with van der Waals surface area (Å²) in [5.41, 5.74) is 3.10. The van der Waals surface area contributed by atoms with E-state index in [1.54, 1.807) is 36.4 Å². The van der Waals surface area contributed by atoms with Crippen LogP contribution in [-0.2, 0) is 24.3 Å². The molecule has 1 amide bonds. The summed E-state index contributed by atoms with van der Waals surface area (Å²) < 4.78 is 46.1. The minimum atomic E-state index is -4.33. The van der Waals surface area contributed by atoms with Crippen LogP contribution in [0.15, 0.2) is 42.5 Å². The summed E-state index contributed by atoms with van der Waals surface area (Å²) in [6.45, 7) is -0.407. The predicted molar refractivity (Wildman–Crippen MR) is 89.0 cm³/mol. The zero-order chi connectivity index (χ0) is 18.6. The van der Waals surface area contributed by atoms with Crippen LogP contribution in [0.25, 0.3) is 0 Å². The number of benzene rings is 2. The molecule has 0 spiro atoms. The molecule has 2 aromatic carbocycles. The molecule has 7 heteroatoms. The van der Waals surface area contributed by atoms with Crippen molar-refractivity contribution in [3.8, 4) is 5.75 Å². The summed E-state index contributed by atoms with van der Waals surface area (Å²) in [4.78, 5) is 12.2. The zero-order valence-corrected chi connectivity index (χ0v) is 13.9. The smallest absolute Gasteiger partial charge is 0.411 e. The molecule has 1 aliphatic heterocycles. The summed E-state index contributed by atoms with van der Waals surface area (Å²) in [6.07, 6.45) is -3.53. The number of carbonyl (C=O) groups is 1. The number of halogens is 3. The van der Waals surface area contributed by atoms with E-state index in [1.807, 2.05) is 6.07 Å². The van der Waals surface area contributed by atoms with Crippen LogP contribution in [0.1, 0.15) is 27.0 Å². The van der Waals surface area contributed by atoms with E-state index in [9.17, 15) is 18.0 Å². The van der Waals surface area contributed by atoms with E-state index in [4.69, 9.17) is 4.74 Å². The Balaban J connectivity index is 1.49. The molecule has 0 bridgehead atoms. The Bertz CT molecular complexity index is 773. The standard InChI is InChI=1S/C19H18F3NO3/c20-19(21,22)12-25-11-14-3-1-13(2-4-14)10-23-18(24)16-5-6-17-15(9-16)7-8-26-17/h1-6,9H,7-8,10-12H2,(H,23,24). The van der Waals surface area contributed by atoms with Crippen LogP contribution in [0.5, 0.6) is 5.75 Å². The largest absolute Gasteiger partial charge is 0.493 e. The molecule has 1 aliphatic rings. The maximum absolute atomic E-state index is 12.2. The van der Waals surface area contributed by atoms with Gasteiger partial charge in [-0.1, -0.05) is 24.3 Å². The lowest BCUT2D eigenvalue weighted by atomic mass is 10.1. The first-order valence-electron chi connectivity index (χ1n) is 8.17. The lowest BCUT2D eigenvalue weighted by molar-refractivity contribution is -0.176. The first-order valence-corrected chi connectivity index (χ1v) is 8.17. The van der Waals surface area contributed by atoms with Gasteiger partial charge in [-0.25, -0.2) is 0 Å². The van der Waals surface area contributed by atoms with Crippen LogP contribution in [0.2, 0.25) is 0 Å². The molecule has 0 aliphatic carbocycles. The second-order valence-corrected chi connectivity index (χ2v) is 6.03. The summed E-state index contributed by atoms with van der Waals surface area (Å²) in [7, 11) is 0. The van der Waals surface area contributed by atoms with Gasteiger partial charge in [0.05, 0.1) is 13.2 Å². The van der Waals surface area contributed by atoms with Crippen molar-refractivity contribution in [2.45, 2.75) is 25.7 Å². The molecule has 0 saturated carbocycles. The van der Waals surface area contributed by atoms with E-state index in [2.05, 4.69) is 10.1 Å². The van der Waals surface area contributed by atoms with Crippen molar-refractivity contribution in [1.82, 2.24) is 5.32 Å². The highest BCUT2D eigenvalue weighted by molar-refractivity contribution is 5.94. The number of hydrogen-bond acceptors (Lipinski definition) is 3. The van der Waals surface area contributed by atoms with Gasteiger partial charge in [-0.2, -0.15) is 13.2 Å². The maximum Gasteiger partial charge on any atom is 0.411 e. The number of alkyl halides is 3. The van der Waals surface area contributed by atoms with Crippen molar-refractivity contribution in [2.24, 2.45) is 0 Å². The van der Waals surface area contributed by atoms with Gasteiger partial charge in [0.1, 0.15) is 12.4 Å². The molecule has 0 aromatic heterocycles. The van der Waals surface area contributed by atoms with Gasteiger partial charge >= 0.3 is 6.18 Å². The van der Waals surface area contributed by atoms with Gasteiger partial charge in [0.2, 0.25) is 0 Å². The molecule has 4 nitrogen and oxygen atoms in total. The number of fused-ring (bicyclic) bond motifs is 1. The second kappa shape index (κ2) is 7.78. The summed E-state index contributed by atoms with van der Waals surface area (Å²) in [5, 5.41) is 2.83. The van der Waals surface area contributed by atoms with Crippen LogP contribution >= 0.6 is 0 Å². The highest BCUT2D eigenvalue weighted by atomic mass is 19.4. The molecule has 0 radical (unpaired) electrons. The minimum Gasteiger partial charge on any atom is -0.493 e. The maximum atomic E-state index is 12.2. The Kier molecular flexibility index (Phi) is 5.46. The molecule has 1 heterocycles. The molecule has 0 atom stereocenters. The highest BCUT2D eigenvalue weighted by Gasteiger charge is 2.27. The molecule has 26 heavy (non-hydrogen) atoms. The first-order chi connectivity index (χ1) is 12.4. The Morgan fingerprint density at radius 2 is 1.85 bits per heavy atom. The van der Waals surface area contributed by atoms with E-state index >= 15 is 0 Å². The molecule has 2 aromatic rings. The monoisotopic (exact) mass is 365 g/mol. The minimum absolute atomic E-state index is 0.108. The lowest BCUT2D eigenvalue weighted by Gasteiger charge is -2.09. The van der Waals surface area contributed by atoms with Gasteiger partial charge in [0, 0.05) is 18.5 Å². The summed E-state index contributed by atoms with van der Waals surface area (Å²) >= 11 is 0. The van der Waals surface area contributed by atoms with Crippen LogP contribution in [-0.4, -0.2) is 25.3 Å². The fourth-order valence-electron chi connectivity index (χ4n) is 2.65. The fourth-order valence-corrected chi connectivity index (χ4v) is 2.65. The first kappa shape index (κ1) is 18.3. The SMILES string of the molecule is O=C(NCc1ccc(COCC(F)(F)F)cc1)c1ccc2c(c1)CCO2. The van der Waals surface area contributed by atoms with Gasteiger partial charge < -0.3 is 14.8 Å². The summed E-state index contributed by atoms with van der Waals surface area (Å²) in [5.74, 6) is 0.641. The Labute approximate surface area is 148 Å². The second-order valence-electron chi connectivity index (χ2n) is 6.03. The Hall–Kier alpha value is -2.54. The third kappa shape index (κ3) is 4.98. The fraction of sp³-hybridized carbons (Fsp3) is 0.316. The number of carbonyl (C=O) groups excluding carboxylic acids is 1. The van der Waals surface area contributed by atoms with Crippen LogP contribution < -0.4 is 10.1 Å². The molecule has 0 unspecified atom stereocenters. The number of amides is 1. The van der Waals surface area contributed by atoms with E-state index in [1.165, 1.54) is 0 Å². The number of rotatable bonds is 6. The Morgan fingerprint density at radius 1 is 1.12 bits per heavy atom. The van der Waals surface area contributed by atoms with Crippen molar-refractivity contribution in [2.75, 3.05) is 13.2 Å². The van der Waals surface area contributed by atoms with Crippen molar-refractivity contribution in [3.63, 3.8) is 0 Å². The Morgan fingerprint density at radius 3 is 2.58 bits per heavy atom. The molecule has 0 fully saturated rings. The predicted octanol–water partition coefficient (Wildman–Crippen LogP) is 3.63. The van der Waals surface area contributed by atoms with Crippen LogP contribution in [0.4, 0.5) is 13.2 Å². The van der Waals surface area contributed by atoms with Gasteiger partial charge in [-0.15, -0.1) is 0 Å². The molecule has 1 N–H and O–H groups in total. The van der Waals surface area contributed by atoms with E-state index in [-0.39, 0.29) is 12.5 Å². The third-order valence-electron chi connectivity index (χ3n) is 3.96. The quantitative estimate of drug-likeness (QED) is 0.850. The van der Waals surface area contributed by atoms with Crippen LogP contribution in [0.3, 0.4) is 0 Å². The average molecular weight is 365 g/mol. The van der Waals surface area contributed by atoms with Crippen molar-refractivity contribution >= 4 is 5.91 Å². The van der Waals surface area contributed by atoms with Gasteiger partial charge in [-0.05, 0) is 34.9 Å². The van der Waals surface area contributed by atoms with E-state index in [0.29, 0.717) is 24.3 Å². The van der Waals surface area contributed by atoms with Gasteiger partial charge in [-0.3, -0.25) is 4.79 Å². The molecular formula is C19H18F3NO3. The van der Waals surface area contributed by atoms with E-state index in [0.717, 1.165) is 23.3 Å². The lowest BCUT2D eigenvalue weighted by Crippen LogP contribution is -2.22. The summed E-state index contributed by atoms with van der Waals surface area (Å²) in [6, 6.07) is 12.2. The van der Waals surface area contributed by atoms with Gasteiger partial charge in [0.15, 0.2) is 0 Å². The highest BCUT2D eigenvalue weighted by Crippen LogP contribution is 2.25. The van der Waals surface area contributed by atoms with Crippen molar-refractivity contribution < 1.29 is 27.4 Å². The van der Waals surface area contributed by atoms with Crippen molar-refractivity contribution in [1.29, 1.82) is 0 Å². The third-order valence-corrected chi connectivity index (χ3v) is 3.96. The number of ether oxygens (including phenoxy) is 2. The molecule has 138 valence electrons. The molecular weight excluding hydrogens is 347 g/mol. The number of nitrogens with one attached hydrogen (secondary N) is 1. The molecule has 3 rings (SSSR count). The molecule has 0 saturated heterocycles. The number of hydrogen-bond donors (Lipinski definition) is 1. The van der Waals surface area contributed by atoms with Gasteiger partial charge in [0.25, 0.3) is 5.91 Å². The van der Waals surface area contributed by atoms with Crippen LogP contribution in [0, 0.1) is 0 Å². The normalized spacial score (nSPS) is 13.2. The average Bonchev–Trinajstić information content (AvgIpc) is 3.07. The van der Waals surface area contributed by atoms with Crippen molar-refractivity contribution in [3.05, 3.63) is 64.7 Å². The van der Waals surface area contributed by atoms with E-state index < -0.39 is 12.8 Å².